The second-order valence-electron chi connectivity index (χ2n) is 9.81. The van der Waals surface area contributed by atoms with Crippen LogP contribution in [0.1, 0.15) is 35.2 Å². The minimum Gasteiger partial charge on any atom is -0.495 e. The molecule has 210 valence electrons. The van der Waals surface area contributed by atoms with Crippen molar-refractivity contribution in [1.82, 2.24) is 4.90 Å². The van der Waals surface area contributed by atoms with Crippen LogP contribution < -0.4 is 14.2 Å². The quantitative estimate of drug-likeness (QED) is 0.323. The fraction of sp³-hybridized carbons (Fsp3) is 0.379. The van der Waals surface area contributed by atoms with Crippen molar-refractivity contribution in [2.24, 2.45) is 0 Å². The summed E-state index contributed by atoms with van der Waals surface area (Å²) in [6.45, 7) is 5.76. The average molecular weight is 564 g/mol. The Hall–Kier alpha value is -3.24. The number of hydrogen-bond donors (Lipinski definition) is 0. The Balaban J connectivity index is 1.80. The molecule has 3 aromatic rings. The molecule has 0 aromatic heterocycles. The van der Waals surface area contributed by atoms with Crippen LogP contribution >= 0.6 is 0 Å². The first-order valence-corrected chi connectivity index (χ1v) is 14.4. The van der Waals surface area contributed by atoms with Gasteiger partial charge in [0.2, 0.25) is 0 Å². The average Bonchev–Trinajstić information content (AvgIpc) is 2.84. The van der Waals surface area contributed by atoms with Gasteiger partial charge in [0.15, 0.2) is 15.9 Å². The molecule has 1 heterocycles. The highest BCUT2D eigenvalue weighted by molar-refractivity contribution is 7.90. The van der Waals surface area contributed by atoms with Crippen molar-refractivity contribution in [2.75, 3.05) is 26.5 Å². The van der Waals surface area contributed by atoms with Crippen LogP contribution in [0.5, 0.6) is 17.2 Å². The van der Waals surface area contributed by atoms with Crippen LogP contribution in [0, 0.1) is 13.8 Å². The standard InChI is InChI=1S/C29H32F3NO5S/c1-18-10-9-11-19(2)27(18)38-22-16-33(17-22)26(21-12-7-6-8-13-21)25-23(37-20(3)29(30,31)32)14-15-24(28(25)36-4)39(5,34)35/h6-15,20,22,26H,16-17H2,1-5H3/t20-,26?/m0/s1. The zero-order valence-electron chi connectivity index (χ0n) is 22.5. The summed E-state index contributed by atoms with van der Waals surface area (Å²) >= 11 is 0. The van der Waals surface area contributed by atoms with E-state index in [0.717, 1.165) is 35.6 Å². The third-order valence-corrected chi connectivity index (χ3v) is 7.93. The van der Waals surface area contributed by atoms with Gasteiger partial charge in [-0.25, -0.2) is 8.42 Å². The molecule has 4 rings (SSSR count). The van der Waals surface area contributed by atoms with E-state index in [-0.39, 0.29) is 28.1 Å². The predicted octanol–water partition coefficient (Wildman–Crippen LogP) is 5.90. The number of hydrogen-bond acceptors (Lipinski definition) is 6. The lowest BCUT2D eigenvalue weighted by Crippen LogP contribution is -2.55. The number of aryl methyl sites for hydroxylation is 2. The number of methoxy groups -OCH3 is 1. The molecule has 1 saturated heterocycles. The number of halogens is 3. The third kappa shape index (κ3) is 6.17. The molecule has 2 atom stereocenters. The lowest BCUT2D eigenvalue weighted by molar-refractivity contribution is -0.189. The maximum Gasteiger partial charge on any atom is 0.425 e. The lowest BCUT2D eigenvalue weighted by atomic mass is 9.92. The van der Waals surface area contributed by atoms with Crippen molar-refractivity contribution in [3.63, 3.8) is 0 Å². The van der Waals surface area contributed by atoms with E-state index in [1.54, 1.807) is 0 Å². The molecule has 0 aliphatic carbocycles. The van der Waals surface area contributed by atoms with Gasteiger partial charge < -0.3 is 14.2 Å². The molecule has 10 heteroatoms. The van der Waals surface area contributed by atoms with Gasteiger partial charge in [-0.2, -0.15) is 13.2 Å². The minimum absolute atomic E-state index is 0.0441. The van der Waals surface area contributed by atoms with Gasteiger partial charge >= 0.3 is 6.18 Å². The Bertz CT molecular complexity index is 1400. The second-order valence-corrected chi connectivity index (χ2v) is 11.8. The molecule has 3 aromatic carbocycles. The van der Waals surface area contributed by atoms with Crippen molar-refractivity contribution < 1.29 is 35.8 Å². The highest BCUT2D eigenvalue weighted by atomic mass is 32.2. The number of likely N-dealkylation sites (tertiary alicyclic amines) is 1. The molecular weight excluding hydrogens is 531 g/mol. The Morgan fingerprint density at radius 1 is 0.923 bits per heavy atom. The van der Waals surface area contributed by atoms with Crippen LogP contribution in [0.15, 0.2) is 65.6 Å². The summed E-state index contributed by atoms with van der Waals surface area (Å²) in [7, 11) is -2.48. The monoisotopic (exact) mass is 563 g/mol. The van der Waals surface area contributed by atoms with Crippen LogP contribution in [-0.2, 0) is 9.84 Å². The molecule has 0 bridgehead atoms. The SMILES string of the molecule is COc1c(S(C)(=O)=O)ccc(O[C@@H](C)C(F)(F)F)c1C(c1ccccc1)N1CC(Oc2c(C)cccc2C)C1. The molecule has 1 unspecified atom stereocenters. The van der Waals surface area contributed by atoms with Crippen LogP contribution in [0.4, 0.5) is 13.2 Å². The summed E-state index contributed by atoms with van der Waals surface area (Å²) in [5.41, 5.74) is 2.98. The Morgan fingerprint density at radius 2 is 1.54 bits per heavy atom. The fourth-order valence-electron chi connectivity index (χ4n) is 4.79. The topological polar surface area (TPSA) is 65.1 Å². The van der Waals surface area contributed by atoms with Gasteiger partial charge in [-0.15, -0.1) is 0 Å². The van der Waals surface area contributed by atoms with Crippen molar-refractivity contribution in [3.8, 4) is 17.2 Å². The summed E-state index contributed by atoms with van der Waals surface area (Å²) < 4.78 is 83.2. The van der Waals surface area contributed by atoms with Crippen molar-refractivity contribution in [1.29, 1.82) is 0 Å². The summed E-state index contributed by atoms with van der Waals surface area (Å²) in [5, 5.41) is 0. The van der Waals surface area contributed by atoms with E-state index in [4.69, 9.17) is 14.2 Å². The van der Waals surface area contributed by atoms with Crippen LogP contribution in [-0.4, -0.2) is 58.2 Å². The number of benzene rings is 3. The number of ether oxygens (including phenoxy) is 3. The summed E-state index contributed by atoms with van der Waals surface area (Å²) in [6, 6.07) is 16.9. The molecule has 0 N–H and O–H groups in total. The molecule has 39 heavy (non-hydrogen) atoms. The van der Waals surface area contributed by atoms with Crippen molar-refractivity contribution in [2.45, 2.75) is 50.1 Å². The van der Waals surface area contributed by atoms with Crippen molar-refractivity contribution in [3.05, 3.63) is 82.9 Å². The molecule has 1 aliphatic heterocycles. The van der Waals surface area contributed by atoms with E-state index in [0.29, 0.717) is 13.1 Å². The number of sulfone groups is 1. The van der Waals surface area contributed by atoms with Crippen molar-refractivity contribution >= 4 is 9.84 Å². The van der Waals surface area contributed by atoms with Crippen LogP contribution in [0.3, 0.4) is 0 Å². The molecule has 0 radical (unpaired) electrons. The highest BCUT2D eigenvalue weighted by Crippen LogP contribution is 2.46. The first kappa shape index (κ1) is 28.8. The molecule has 1 aliphatic rings. The van der Waals surface area contributed by atoms with E-state index in [1.807, 2.05) is 67.3 Å². The molecule has 0 amide bonds. The maximum absolute atomic E-state index is 13.5. The number of nitrogens with zero attached hydrogens (tertiary/aromatic N) is 1. The third-order valence-electron chi connectivity index (χ3n) is 6.81. The van der Waals surface area contributed by atoms with Gasteiger partial charge in [-0.1, -0.05) is 48.5 Å². The summed E-state index contributed by atoms with van der Waals surface area (Å²) in [4.78, 5) is 1.89. The first-order valence-electron chi connectivity index (χ1n) is 12.5. The van der Waals surface area contributed by atoms with Gasteiger partial charge in [-0.3, -0.25) is 4.90 Å². The highest BCUT2D eigenvalue weighted by Gasteiger charge is 2.42. The van der Waals surface area contributed by atoms with Gasteiger partial charge in [0, 0.05) is 19.3 Å². The van der Waals surface area contributed by atoms with E-state index in [9.17, 15) is 21.6 Å². The largest absolute Gasteiger partial charge is 0.495 e. The number of para-hydroxylation sites is 1. The van der Waals surface area contributed by atoms with Gasteiger partial charge in [0.1, 0.15) is 28.2 Å². The molecule has 0 spiro atoms. The summed E-state index contributed by atoms with van der Waals surface area (Å²) in [6.07, 6.45) is -5.89. The molecular formula is C29H32F3NO5S. The van der Waals surface area contributed by atoms with Gasteiger partial charge in [-0.05, 0) is 49.6 Å². The zero-order chi connectivity index (χ0) is 28.5. The Labute approximate surface area is 227 Å². The number of alkyl halides is 3. The van der Waals surface area contributed by atoms with Gasteiger partial charge in [0.25, 0.3) is 0 Å². The van der Waals surface area contributed by atoms with E-state index in [2.05, 4.69) is 0 Å². The predicted molar refractivity (Wildman–Crippen MR) is 142 cm³/mol. The fourth-order valence-corrected chi connectivity index (χ4v) is 5.63. The normalized spacial score (nSPS) is 16.3. The minimum atomic E-state index is -4.62. The van der Waals surface area contributed by atoms with E-state index < -0.39 is 28.2 Å². The van der Waals surface area contributed by atoms with E-state index >= 15 is 0 Å². The van der Waals surface area contributed by atoms with Gasteiger partial charge in [0.05, 0.1) is 18.7 Å². The van der Waals surface area contributed by atoms with E-state index in [1.165, 1.54) is 19.2 Å². The zero-order valence-corrected chi connectivity index (χ0v) is 23.3. The smallest absolute Gasteiger partial charge is 0.425 e. The molecule has 1 fully saturated rings. The Kier molecular flexibility index (Phi) is 8.18. The second kappa shape index (κ2) is 11.1. The maximum atomic E-state index is 13.5. The van der Waals surface area contributed by atoms with Crippen LogP contribution in [0.2, 0.25) is 0 Å². The molecule has 0 saturated carbocycles. The van der Waals surface area contributed by atoms with Crippen LogP contribution in [0.25, 0.3) is 0 Å². The lowest BCUT2D eigenvalue weighted by Gasteiger charge is -2.45. The molecule has 6 nitrogen and oxygen atoms in total. The Morgan fingerprint density at radius 3 is 2.08 bits per heavy atom. The first-order chi connectivity index (χ1) is 18.3. The number of rotatable bonds is 9. The summed E-state index contributed by atoms with van der Waals surface area (Å²) in [5.74, 6) is 0.660.